The normalized spacial score (nSPS) is 14.3. The molecule has 0 radical (unpaired) electrons. The monoisotopic (exact) mass is 348 g/mol. The molecule has 0 spiro atoms. The van der Waals surface area contributed by atoms with Gasteiger partial charge in [0.15, 0.2) is 11.6 Å². The molecule has 26 heavy (non-hydrogen) atoms. The predicted molar refractivity (Wildman–Crippen MR) is 100 cm³/mol. The lowest BCUT2D eigenvalue weighted by Crippen LogP contribution is -2.47. The third-order valence-electron chi connectivity index (χ3n) is 4.44. The highest BCUT2D eigenvalue weighted by atomic mass is 16.5. The van der Waals surface area contributed by atoms with Gasteiger partial charge in [0.2, 0.25) is 5.95 Å². The Hall–Kier alpha value is -3.22. The minimum atomic E-state index is 0.739. The van der Waals surface area contributed by atoms with E-state index < -0.39 is 0 Å². The Morgan fingerprint density at radius 1 is 0.846 bits per heavy atom. The summed E-state index contributed by atoms with van der Waals surface area (Å²) in [5, 5.41) is 8.85. The first-order valence-corrected chi connectivity index (χ1v) is 8.59. The van der Waals surface area contributed by atoms with E-state index in [-0.39, 0.29) is 0 Å². The quantitative estimate of drug-likeness (QED) is 0.716. The van der Waals surface area contributed by atoms with Gasteiger partial charge in [-0.25, -0.2) is 9.97 Å². The van der Waals surface area contributed by atoms with Crippen LogP contribution in [0.2, 0.25) is 0 Å². The lowest BCUT2D eigenvalue weighted by atomic mass is 10.1. The van der Waals surface area contributed by atoms with Crippen LogP contribution in [0.5, 0.6) is 5.75 Å². The Labute approximate surface area is 152 Å². The highest BCUT2D eigenvalue weighted by Gasteiger charge is 2.23. The van der Waals surface area contributed by atoms with Crippen LogP contribution in [0.25, 0.3) is 11.3 Å². The molecule has 0 bridgehead atoms. The summed E-state index contributed by atoms with van der Waals surface area (Å²) in [6.07, 6.45) is 3.54. The van der Waals surface area contributed by atoms with Gasteiger partial charge in [-0.15, -0.1) is 10.2 Å². The van der Waals surface area contributed by atoms with Crippen LogP contribution in [0.1, 0.15) is 0 Å². The number of piperazine rings is 1. The number of aromatic nitrogens is 4. The van der Waals surface area contributed by atoms with E-state index in [0.29, 0.717) is 0 Å². The highest BCUT2D eigenvalue weighted by Crippen LogP contribution is 2.30. The summed E-state index contributed by atoms with van der Waals surface area (Å²) in [6.45, 7) is 3.28. The van der Waals surface area contributed by atoms with Crippen LogP contribution in [0.15, 0.2) is 54.9 Å². The minimum Gasteiger partial charge on any atom is -0.493 e. The Kier molecular flexibility index (Phi) is 4.59. The highest BCUT2D eigenvalue weighted by molar-refractivity contribution is 5.64. The molecule has 0 saturated carbocycles. The topological polar surface area (TPSA) is 67.3 Å². The molecule has 1 aromatic carbocycles. The molecule has 0 aliphatic carbocycles. The largest absolute Gasteiger partial charge is 0.493 e. The summed E-state index contributed by atoms with van der Waals surface area (Å²) in [5.74, 6) is 2.29. The van der Waals surface area contributed by atoms with Crippen molar-refractivity contribution in [1.29, 1.82) is 0 Å². The van der Waals surface area contributed by atoms with Gasteiger partial charge >= 0.3 is 0 Å². The first kappa shape index (κ1) is 16.3. The van der Waals surface area contributed by atoms with E-state index in [1.807, 2.05) is 42.5 Å². The first-order valence-electron chi connectivity index (χ1n) is 8.59. The molecule has 1 saturated heterocycles. The zero-order valence-electron chi connectivity index (χ0n) is 14.6. The van der Waals surface area contributed by atoms with Crippen LogP contribution < -0.4 is 14.5 Å². The average molecular weight is 348 g/mol. The Balaban J connectivity index is 1.51. The first-order chi connectivity index (χ1) is 12.8. The van der Waals surface area contributed by atoms with Crippen molar-refractivity contribution in [2.45, 2.75) is 0 Å². The molecule has 1 fully saturated rings. The molecule has 1 aliphatic heterocycles. The van der Waals surface area contributed by atoms with Crippen molar-refractivity contribution in [3.8, 4) is 17.0 Å². The van der Waals surface area contributed by atoms with Gasteiger partial charge in [0.05, 0.1) is 12.8 Å². The smallest absolute Gasteiger partial charge is 0.225 e. The van der Waals surface area contributed by atoms with E-state index in [0.717, 1.165) is 55.0 Å². The Morgan fingerprint density at radius 3 is 2.23 bits per heavy atom. The van der Waals surface area contributed by atoms with Gasteiger partial charge in [0.25, 0.3) is 0 Å². The predicted octanol–water partition coefficient (Wildman–Crippen LogP) is 2.27. The van der Waals surface area contributed by atoms with Crippen molar-refractivity contribution in [3.63, 3.8) is 0 Å². The number of nitrogens with zero attached hydrogens (tertiary/aromatic N) is 6. The molecule has 0 unspecified atom stereocenters. The maximum absolute atomic E-state index is 5.59. The molecule has 7 heteroatoms. The van der Waals surface area contributed by atoms with E-state index in [1.54, 1.807) is 19.5 Å². The summed E-state index contributed by atoms with van der Waals surface area (Å²) in [7, 11) is 1.67. The summed E-state index contributed by atoms with van der Waals surface area (Å²) < 4.78 is 5.59. The van der Waals surface area contributed by atoms with Crippen LogP contribution >= 0.6 is 0 Å². The van der Waals surface area contributed by atoms with E-state index in [2.05, 4.69) is 30.0 Å². The second-order valence-electron chi connectivity index (χ2n) is 6.01. The molecule has 0 atom stereocenters. The maximum Gasteiger partial charge on any atom is 0.225 e. The fourth-order valence-electron chi connectivity index (χ4n) is 3.06. The lowest BCUT2D eigenvalue weighted by molar-refractivity contribution is 0.410. The summed E-state index contributed by atoms with van der Waals surface area (Å²) >= 11 is 0. The van der Waals surface area contributed by atoms with Crippen molar-refractivity contribution in [2.24, 2.45) is 0 Å². The number of hydrogen-bond donors (Lipinski definition) is 0. The maximum atomic E-state index is 5.59. The van der Waals surface area contributed by atoms with Gasteiger partial charge in [0.1, 0.15) is 0 Å². The zero-order valence-corrected chi connectivity index (χ0v) is 14.6. The van der Waals surface area contributed by atoms with E-state index in [9.17, 15) is 0 Å². The van der Waals surface area contributed by atoms with Crippen molar-refractivity contribution in [3.05, 3.63) is 54.9 Å². The van der Waals surface area contributed by atoms with Crippen molar-refractivity contribution >= 4 is 11.8 Å². The fraction of sp³-hybridized carbons (Fsp3) is 0.263. The summed E-state index contributed by atoms with van der Waals surface area (Å²) in [6, 6.07) is 13.8. The Bertz CT molecular complexity index is 850. The van der Waals surface area contributed by atoms with Gasteiger partial charge in [0, 0.05) is 50.2 Å². The molecule has 0 N–H and O–H groups in total. The second-order valence-corrected chi connectivity index (χ2v) is 6.01. The van der Waals surface area contributed by atoms with Crippen LogP contribution in [-0.4, -0.2) is 53.5 Å². The molecule has 132 valence electrons. The number of hydrogen-bond acceptors (Lipinski definition) is 7. The van der Waals surface area contributed by atoms with Gasteiger partial charge < -0.3 is 14.5 Å². The number of ether oxygens (including phenoxy) is 1. The number of benzene rings is 1. The van der Waals surface area contributed by atoms with Gasteiger partial charge in [-0.05, 0) is 6.07 Å². The average Bonchev–Trinajstić information content (AvgIpc) is 2.75. The lowest BCUT2D eigenvalue weighted by Gasteiger charge is -2.35. The summed E-state index contributed by atoms with van der Waals surface area (Å²) in [4.78, 5) is 13.0. The van der Waals surface area contributed by atoms with Crippen LogP contribution in [-0.2, 0) is 0 Å². The SMILES string of the molecule is COc1cc(-c2ccccc2)nnc1N1CCN(c2ncccn2)CC1. The van der Waals surface area contributed by atoms with E-state index in [4.69, 9.17) is 4.74 Å². The fourth-order valence-corrected chi connectivity index (χ4v) is 3.06. The van der Waals surface area contributed by atoms with Crippen molar-refractivity contribution in [2.75, 3.05) is 43.1 Å². The van der Waals surface area contributed by atoms with Crippen molar-refractivity contribution < 1.29 is 4.74 Å². The number of anilines is 2. The number of rotatable bonds is 4. The molecule has 0 amide bonds. The molecular formula is C19H20N6O. The third-order valence-corrected chi connectivity index (χ3v) is 4.44. The van der Waals surface area contributed by atoms with Crippen LogP contribution in [0.4, 0.5) is 11.8 Å². The van der Waals surface area contributed by atoms with E-state index >= 15 is 0 Å². The second kappa shape index (κ2) is 7.35. The molecule has 4 rings (SSSR count). The molecule has 7 nitrogen and oxygen atoms in total. The third kappa shape index (κ3) is 3.28. The molecule has 1 aliphatic rings. The van der Waals surface area contributed by atoms with Crippen LogP contribution in [0, 0.1) is 0 Å². The van der Waals surface area contributed by atoms with Gasteiger partial charge in [-0.2, -0.15) is 0 Å². The van der Waals surface area contributed by atoms with Gasteiger partial charge in [-0.1, -0.05) is 30.3 Å². The number of methoxy groups -OCH3 is 1. The molecule has 3 heterocycles. The summed E-state index contributed by atoms with van der Waals surface area (Å²) in [5.41, 5.74) is 1.83. The van der Waals surface area contributed by atoms with Gasteiger partial charge in [-0.3, -0.25) is 0 Å². The van der Waals surface area contributed by atoms with E-state index in [1.165, 1.54) is 0 Å². The van der Waals surface area contributed by atoms with Crippen molar-refractivity contribution in [1.82, 2.24) is 20.2 Å². The standard InChI is InChI=1S/C19H20N6O/c1-26-17-14-16(15-6-3-2-4-7-15)22-23-18(17)24-10-12-25(13-11-24)19-20-8-5-9-21-19/h2-9,14H,10-13H2,1H3. The zero-order chi connectivity index (χ0) is 17.8. The molecular weight excluding hydrogens is 328 g/mol. The minimum absolute atomic E-state index is 0.739. The van der Waals surface area contributed by atoms with Crippen LogP contribution in [0.3, 0.4) is 0 Å². The molecule has 3 aromatic rings. The Morgan fingerprint density at radius 2 is 1.54 bits per heavy atom. The molecule has 2 aromatic heterocycles.